The van der Waals surface area contributed by atoms with Gasteiger partial charge in [-0.2, -0.15) is 4.98 Å². The lowest BCUT2D eigenvalue weighted by atomic mass is 10.1. The molecule has 0 aliphatic heterocycles. The van der Waals surface area contributed by atoms with Gasteiger partial charge in [-0.25, -0.2) is 13.9 Å². The number of amides is 1. The van der Waals surface area contributed by atoms with E-state index in [0.29, 0.717) is 18.7 Å². The summed E-state index contributed by atoms with van der Waals surface area (Å²) >= 11 is 0. The third-order valence-corrected chi connectivity index (χ3v) is 4.40. The molecule has 3 aromatic rings. The number of rotatable bonds is 5. The van der Waals surface area contributed by atoms with Crippen LogP contribution in [0.4, 0.5) is 4.39 Å². The number of carbonyl (C=O) groups is 1. The van der Waals surface area contributed by atoms with E-state index < -0.39 is 0 Å². The lowest BCUT2D eigenvalue weighted by molar-refractivity contribution is 0.0733. The summed E-state index contributed by atoms with van der Waals surface area (Å²) in [5.74, 6) is 0.131. The molecule has 2 heterocycles. The fraction of sp³-hybridized carbons (Fsp3) is 0.333. The maximum atomic E-state index is 13.3. The Labute approximate surface area is 144 Å². The van der Waals surface area contributed by atoms with E-state index in [1.165, 1.54) is 12.1 Å². The van der Waals surface area contributed by atoms with Crippen LogP contribution in [0, 0.1) is 12.7 Å². The zero-order valence-electron chi connectivity index (χ0n) is 13.9. The molecule has 1 aromatic carbocycles. The molecule has 0 saturated heterocycles. The molecule has 0 radical (unpaired) electrons. The molecular formula is C18H18FN5O. The average molecular weight is 339 g/mol. The van der Waals surface area contributed by atoms with Crippen molar-refractivity contribution in [2.75, 3.05) is 6.54 Å². The van der Waals surface area contributed by atoms with Gasteiger partial charge in [0.25, 0.3) is 11.7 Å². The minimum Gasteiger partial charge on any atom is -0.333 e. The van der Waals surface area contributed by atoms with Crippen LogP contribution >= 0.6 is 0 Å². The van der Waals surface area contributed by atoms with Crippen LogP contribution < -0.4 is 0 Å². The van der Waals surface area contributed by atoms with E-state index >= 15 is 0 Å². The van der Waals surface area contributed by atoms with Crippen LogP contribution in [0.5, 0.6) is 0 Å². The summed E-state index contributed by atoms with van der Waals surface area (Å²) in [6, 6.07) is 8.52. The molecule has 1 aliphatic rings. The van der Waals surface area contributed by atoms with E-state index in [2.05, 4.69) is 15.1 Å². The Kier molecular flexibility index (Phi) is 3.91. The van der Waals surface area contributed by atoms with Gasteiger partial charge in [0.2, 0.25) is 5.82 Å². The van der Waals surface area contributed by atoms with E-state index in [4.69, 9.17) is 0 Å². The summed E-state index contributed by atoms with van der Waals surface area (Å²) in [6.07, 6.45) is 4.22. The molecule has 2 aromatic heterocycles. The molecule has 1 saturated carbocycles. The van der Waals surface area contributed by atoms with E-state index in [1.807, 2.05) is 19.1 Å². The molecule has 0 atom stereocenters. The van der Waals surface area contributed by atoms with Crippen LogP contribution in [-0.2, 0) is 6.42 Å². The van der Waals surface area contributed by atoms with Crippen molar-refractivity contribution >= 4 is 11.7 Å². The van der Waals surface area contributed by atoms with Crippen molar-refractivity contribution in [3.8, 4) is 0 Å². The minimum absolute atomic E-state index is 0.160. The highest BCUT2D eigenvalue weighted by Gasteiger charge is 2.34. The largest absolute Gasteiger partial charge is 0.333 e. The first-order chi connectivity index (χ1) is 12.1. The lowest BCUT2D eigenvalue weighted by Crippen LogP contribution is -2.35. The molecule has 128 valence electrons. The molecule has 0 spiro atoms. The smallest absolute Gasteiger partial charge is 0.293 e. The van der Waals surface area contributed by atoms with Crippen LogP contribution in [0.25, 0.3) is 5.78 Å². The number of aryl methyl sites for hydroxylation is 1. The predicted molar refractivity (Wildman–Crippen MR) is 89.7 cm³/mol. The van der Waals surface area contributed by atoms with E-state index in [-0.39, 0.29) is 23.6 Å². The SMILES string of the molecule is Cc1ccnc2nc(C(=O)N(CCc3cccc(F)c3)C3CC3)nn12. The Bertz CT molecular complexity index is 934. The van der Waals surface area contributed by atoms with Crippen LogP contribution in [0.15, 0.2) is 36.5 Å². The molecular weight excluding hydrogens is 321 g/mol. The minimum atomic E-state index is -0.259. The van der Waals surface area contributed by atoms with E-state index in [0.717, 1.165) is 24.1 Å². The van der Waals surface area contributed by atoms with Gasteiger partial charge >= 0.3 is 0 Å². The molecule has 1 aliphatic carbocycles. The van der Waals surface area contributed by atoms with Gasteiger partial charge in [0.1, 0.15) is 5.82 Å². The molecule has 1 fully saturated rings. The number of fused-ring (bicyclic) bond motifs is 1. The maximum Gasteiger partial charge on any atom is 0.293 e. The van der Waals surface area contributed by atoms with Crippen molar-refractivity contribution in [1.29, 1.82) is 0 Å². The lowest BCUT2D eigenvalue weighted by Gasteiger charge is -2.20. The van der Waals surface area contributed by atoms with Gasteiger partial charge in [0, 0.05) is 24.5 Å². The Morgan fingerprint density at radius 3 is 2.92 bits per heavy atom. The van der Waals surface area contributed by atoms with Gasteiger partial charge < -0.3 is 4.90 Å². The Hall–Kier alpha value is -2.83. The monoisotopic (exact) mass is 339 g/mol. The zero-order chi connectivity index (χ0) is 17.4. The molecule has 7 heteroatoms. The van der Waals surface area contributed by atoms with Gasteiger partial charge in [0.05, 0.1) is 0 Å². The van der Waals surface area contributed by atoms with Crippen molar-refractivity contribution in [3.63, 3.8) is 0 Å². The quantitative estimate of drug-likeness (QED) is 0.716. The first-order valence-corrected chi connectivity index (χ1v) is 8.35. The third-order valence-electron chi connectivity index (χ3n) is 4.40. The van der Waals surface area contributed by atoms with Crippen molar-refractivity contribution in [1.82, 2.24) is 24.5 Å². The molecule has 0 bridgehead atoms. The fourth-order valence-corrected chi connectivity index (χ4v) is 2.90. The topological polar surface area (TPSA) is 63.4 Å². The number of carbonyl (C=O) groups excluding carboxylic acids is 1. The fourth-order valence-electron chi connectivity index (χ4n) is 2.90. The summed E-state index contributed by atoms with van der Waals surface area (Å²) in [7, 11) is 0. The van der Waals surface area contributed by atoms with Crippen molar-refractivity contribution in [3.05, 3.63) is 59.4 Å². The zero-order valence-corrected chi connectivity index (χ0v) is 13.9. The molecule has 0 unspecified atom stereocenters. The third kappa shape index (κ3) is 3.22. The van der Waals surface area contributed by atoms with Crippen LogP contribution in [0.3, 0.4) is 0 Å². The van der Waals surface area contributed by atoms with Gasteiger partial charge in [-0.05, 0) is 49.9 Å². The summed E-state index contributed by atoms with van der Waals surface area (Å²) in [5, 5.41) is 4.30. The Morgan fingerprint density at radius 1 is 1.36 bits per heavy atom. The van der Waals surface area contributed by atoms with Crippen molar-refractivity contribution in [2.45, 2.75) is 32.2 Å². The number of hydrogen-bond donors (Lipinski definition) is 0. The standard InChI is InChI=1S/C18H18FN5O/c1-12-7-9-20-18-21-16(22-24(12)18)17(25)23(15-5-6-15)10-8-13-3-2-4-14(19)11-13/h2-4,7,9,11,15H,5-6,8,10H2,1H3. The Balaban J connectivity index is 1.55. The molecule has 25 heavy (non-hydrogen) atoms. The molecule has 4 rings (SSSR count). The van der Waals surface area contributed by atoms with Crippen molar-refractivity contribution in [2.24, 2.45) is 0 Å². The highest BCUT2D eigenvalue weighted by atomic mass is 19.1. The summed E-state index contributed by atoms with van der Waals surface area (Å²) in [4.78, 5) is 23.1. The second-order valence-corrected chi connectivity index (χ2v) is 6.34. The average Bonchev–Trinajstić information content (AvgIpc) is 3.33. The Morgan fingerprint density at radius 2 is 2.20 bits per heavy atom. The van der Waals surface area contributed by atoms with Gasteiger partial charge in [-0.1, -0.05) is 12.1 Å². The van der Waals surface area contributed by atoms with Crippen LogP contribution in [0.2, 0.25) is 0 Å². The number of hydrogen-bond acceptors (Lipinski definition) is 4. The number of benzene rings is 1. The van der Waals surface area contributed by atoms with E-state index in [9.17, 15) is 9.18 Å². The number of halogens is 1. The molecule has 0 N–H and O–H groups in total. The summed E-state index contributed by atoms with van der Waals surface area (Å²) in [6.45, 7) is 2.41. The second kappa shape index (κ2) is 6.23. The molecule has 6 nitrogen and oxygen atoms in total. The first kappa shape index (κ1) is 15.7. The first-order valence-electron chi connectivity index (χ1n) is 8.35. The highest BCUT2D eigenvalue weighted by Crippen LogP contribution is 2.28. The maximum absolute atomic E-state index is 13.3. The van der Waals surface area contributed by atoms with Crippen LogP contribution in [-0.4, -0.2) is 43.0 Å². The van der Waals surface area contributed by atoms with Crippen LogP contribution in [0.1, 0.15) is 34.7 Å². The number of aromatic nitrogens is 4. The summed E-state index contributed by atoms with van der Waals surface area (Å²) < 4.78 is 14.9. The van der Waals surface area contributed by atoms with Gasteiger partial charge in [-0.3, -0.25) is 4.79 Å². The summed E-state index contributed by atoms with van der Waals surface area (Å²) in [5.41, 5.74) is 1.74. The predicted octanol–water partition coefficient (Wildman–Crippen LogP) is 2.42. The highest BCUT2D eigenvalue weighted by molar-refractivity contribution is 5.91. The van der Waals surface area contributed by atoms with E-state index in [1.54, 1.807) is 21.7 Å². The normalized spacial score (nSPS) is 14.0. The second-order valence-electron chi connectivity index (χ2n) is 6.34. The molecule has 1 amide bonds. The number of nitrogens with zero attached hydrogens (tertiary/aromatic N) is 5. The van der Waals surface area contributed by atoms with Gasteiger partial charge in [0.15, 0.2) is 0 Å². The van der Waals surface area contributed by atoms with Crippen molar-refractivity contribution < 1.29 is 9.18 Å². The van der Waals surface area contributed by atoms with Gasteiger partial charge in [-0.15, -0.1) is 5.10 Å².